The second kappa shape index (κ2) is 11.7. The maximum atomic E-state index is 5.33. The number of aliphatic imine (C=N–C) groups is 1. The fourth-order valence-corrected chi connectivity index (χ4v) is 3.07. The molecule has 0 saturated heterocycles. The van der Waals surface area contributed by atoms with Crippen LogP contribution in [-0.4, -0.2) is 24.2 Å². The second-order valence-corrected chi connectivity index (χ2v) is 6.79. The topological polar surface area (TPSA) is 62.5 Å². The summed E-state index contributed by atoms with van der Waals surface area (Å²) in [5.41, 5.74) is 0.990. The van der Waals surface area contributed by atoms with Crippen LogP contribution in [0.5, 0.6) is 0 Å². The smallest absolute Gasteiger partial charge is 0.191 e. The van der Waals surface area contributed by atoms with E-state index in [1.54, 1.807) is 0 Å². The van der Waals surface area contributed by atoms with Crippen LogP contribution < -0.4 is 10.6 Å². The van der Waals surface area contributed by atoms with Crippen LogP contribution in [0.15, 0.2) is 15.6 Å². The Bertz CT molecular complexity index is 481. The Morgan fingerprint density at radius 1 is 1.33 bits per heavy atom. The normalized spacial score (nSPS) is 15.6. The lowest BCUT2D eigenvalue weighted by molar-refractivity contribution is 0.376. The van der Waals surface area contributed by atoms with Crippen molar-refractivity contribution >= 4 is 29.9 Å². The number of guanidine groups is 1. The summed E-state index contributed by atoms with van der Waals surface area (Å²) >= 11 is 0. The lowest BCUT2D eigenvalue weighted by atomic mass is 10.0. The first-order valence-electron chi connectivity index (χ1n) is 9.16. The first kappa shape index (κ1) is 21.3. The highest BCUT2D eigenvalue weighted by molar-refractivity contribution is 14.0. The van der Waals surface area contributed by atoms with E-state index in [2.05, 4.69) is 41.6 Å². The Kier molecular flexibility index (Phi) is 10.4. The van der Waals surface area contributed by atoms with E-state index < -0.39 is 0 Å². The molecule has 1 saturated carbocycles. The molecule has 0 bridgehead atoms. The van der Waals surface area contributed by atoms with Gasteiger partial charge in [0.15, 0.2) is 11.7 Å². The third kappa shape index (κ3) is 7.40. The van der Waals surface area contributed by atoms with E-state index in [0.29, 0.717) is 12.5 Å². The van der Waals surface area contributed by atoms with Gasteiger partial charge in [-0.2, -0.15) is 0 Å². The summed E-state index contributed by atoms with van der Waals surface area (Å²) in [5.74, 6) is 3.02. The molecule has 2 N–H and O–H groups in total. The van der Waals surface area contributed by atoms with Gasteiger partial charge in [0.25, 0.3) is 0 Å². The number of halogens is 1. The van der Waals surface area contributed by atoms with Crippen LogP contribution in [-0.2, 0) is 6.54 Å². The molecule has 1 aliphatic rings. The van der Waals surface area contributed by atoms with Crippen molar-refractivity contribution in [1.82, 2.24) is 15.8 Å². The molecular weight excluding hydrogens is 415 g/mol. The highest BCUT2D eigenvalue weighted by Crippen LogP contribution is 2.28. The van der Waals surface area contributed by atoms with Gasteiger partial charge in [-0.3, -0.25) is 0 Å². The molecule has 0 unspecified atom stereocenters. The van der Waals surface area contributed by atoms with Crippen LogP contribution in [0.4, 0.5) is 0 Å². The average molecular weight is 448 g/mol. The molecule has 6 heteroatoms. The lowest BCUT2D eigenvalue weighted by Gasteiger charge is -2.12. The molecule has 24 heavy (non-hydrogen) atoms. The zero-order valence-electron chi connectivity index (χ0n) is 15.3. The van der Waals surface area contributed by atoms with Gasteiger partial charge in [0, 0.05) is 19.2 Å². The molecule has 138 valence electrons. The first-order valence-corrected chi connectivity index (χ1v) is 9.16. The van der Waals surface area contributed by atoms with Crippen molar-refractivity contribution < 1.29 is 4.52 Å². The molecule has 1 aromatic heterocycles. The third-order valence-electron chi connectivity index (χ3n) is 4.46. The molecule has 0 aromatic carbocycles. The molecule has 2 rings (SSSR count). The van der Waals surface area contributed by atoms with Crippen molar-refractivity contribution in [1.29, 1.82) is 0 Å². The van der Waals surface area contributed by atoms with Gasteiger partial charge in [-0.25, -0.2) is 4.99 Å². The lowest BCUT2D eigenvalue weighted by Crippen LogP contribution is -2.37. The van der Waals surface area contributed by atoms with Gasteiger partial charge in [0.1, 0.15) is 6.54 Å². The molecule has 1 heterocycles. The summed E-state index contributed by atoms with van der Waals surface area (Å²) in [6.07, 6.45) is 8.27. The van der Waals surface area contributed by atoms with Crippen molar-refractivity contribution in [3.63, 3.8) is 0 Å². The summed E-state index contributed by atoms with van der Waals surface area (Å²) in [6, 6.07) is 2.00. The standard InChI is InChI=1S/C18H32N4O.HI/c1-4-19-18(20-11-7-10-15-8-5-6-9-15)21-13-16-12-17(14(2)3)22-23-16;/h12,14-15H,4-11,13H2,1-3H3,(H2,19,20,21);1H. The van der Waals surface area contributed by atoms with E-state index in [0.717, 1.165) is 36.4 Å². The van der Waals surface area contributed by atoms with E-state index >= 15 is 0 Å². The van der Waals surface area contributed by atoms with Gasteiger partial charge in [-0.15, -0.1) is 24.0 Å². The van der Waals surface area contributed by atoms with Gasteiger partial charge in [0.2, 0.25) is 0 Å². The van der Waals surface area contributed by atoms with Crippen LogP contribution in [0.1, 0.15) is 76.7 Å². The van der Waals surface area contributed by atoms with Gasteiger partial charge in [-0.1, -0.05) is 44.7 Å². The molecule has 0 spiro atoms. The van der Waals surface area contributed by atoms with E-state index in [1.807, 2.05) is 6.07 Å². The van der Waals surface area contributed by atoms with Crippen LogP contribution in [0.2, 0.25) is 0 Å². The molecule has 0 atom stereocenters. The van der Waals surface area contributed by atoms with Crippen LogP contribution in [0.3, 0.4) is 0 Å². The minimum Gasteiger partial charge on any atom is -0.359 e. The van der Waals surface area contributed by atoms with Crippen molar-refractivity contribution in [2.75, 3.05) is 13.1 Å². The Morgan fingerprint density at radius 2 is 2.08 bits per heavy atom. The minimum absolute atomic E-state index is 0. The summed E-state index contributed by atoms with van der Waals surface area (Å²) in [5, 5.41) is 10.8. The van der Waals surface area contributed by atoms with Crippen molar-refractivity contribution in [3.8, 4) is 0 Å². The van der Waals surface area contributed by atoms with E-state index in [9.17, 15) is 0 Å². The fourth-order valence-electron chi connectivity index (χ4n) is 3.07. The zero-order chi connectivity index (χ0) is 16.5. The van der Waals surface area contributed by atoms with Crippen LogP contribution >= 0.6 is 24.0 Å². The number of hydrogen-bond donors (Lipinski definition) is 2. The summed E-state index contributed by atoms with van der Waals surface area (Å²) in [6.45, 7) is 8.68. The zero-order valence-corrected chi connectivity index (χ0v) is 17.6. The highest BCUT2D eigenvalue weighted by Gasteiger charge is 2.14. The van der Waals surface area contributed by atoms with E-state index in [4.69, 9.17) is 4.52 Å². The maximum Gasteiger partial charge on any atom is 0.191 e. The quantitative estimate of drug-likeness (QED) is 0.267. The van der Waals surface area contributed by atoms with Crippen LogP contribution in [0.25, 0.3) is 0 Å². The second-order valence-electron chi connectivity index (χ2n) is 6.79. The molecule has 0 radical (unpaired) electrons. The largest absolute Gasteiger partial charge is 0.359 e. The Hall–Kier alpha value is -0.790. The van der Waals surface area contributed by atoms with Gasteiger partial charge in [-0.05, 0) is 31.6 Å². The fraction of sp³-hybridized carbons (Fsp3) is 0.778. The third-order valence-corrected chi connectivity index (χ3v) is 4.46. The molecule has 1 aromatic rings. The Balaban J connectivity index is 0.00000288. The SMILES string of the molecule is CCNC(=NCc1cc(C(C)C)no1)NCCCC1CCCC1.I. The van der Waals surface area contributed by atoms with E-state index in [1.165, 1.54) is 38.5 Å². The molecule has 0 aliphatic heterocycles. The predicted octanol–water partition coefficient (Wildman–Crippen LogP) is 4.44. The molecule has 1 fully saturated rings. The Labute approximate surface area is 163 Å². The minimum atomic E-state index is 0. The summed E-state index contributed by atoms with van der Waals surface area (Å²) in [7, 11) is 0. The van der Waals surface area contributed by atoms with Gasteiger partial charge < -0.3 is 15.2 Å². The van der Waals surface area contributed by atoms with Crippen molar-refractivity contribution in [2.24, 2.45) is 10.9 Å². The van der Waals surface area contributed by atoms with Gasteiger partial charge >= 0.3 is 0 Å². The predicted molar refractivity (Wildman–Crippen MR) is 110 cm³/mol. The molecule has 1 aliphatic carbocycles. The molecular formula is C18H33IN4O. The highest BCUT2D eigenvalue weighted by atomic mass is 127. The van der Waals surface area contributed by atoms with Gasteiger partial charge in [0.05, 0.1) is 5.69 Å². The molecule has 0 amide bonds. The molecule has 5 nitrogen and oxygen atoms in total. The number of aromatic nitrogens is 1. The first-order chi connectivity index (χ1) is 11.2. The van der Waals surface area contributed by atoms with Crippen molar-refractivity contribution in [2.45, 2.75) is 71.8 Å². The number of nitrogens with zero attached hydrogens (tertiary/aromatic N) is 2. The maximum absolute atomic E-state index is 5.33. The number of nitrogens with one attached hydrogen (secondary N) is 2. The number of hydrogen-bond acceptors (Lipinski definition) is 3. The summed E-state index contributed by atoms with van der Waals surface area (Å²) in [4.78, 5) is 4.59. The average Bonchev–Trinajstić information content (AvgIpc) is 3.20. The summed E-state index contributed by atoms with van der Waals surface area (Å²) < 4.78 is 5.33. The van der Waals surface area contributed by atoms with E-state index in [-0.39, 0.29) is 24.0 Å². The Morgan fingerprint density at radius 3 is 2.71 bits per heavy atom. The van der Waals surface area contributed by atoms with Crippen LogP contribution in [0, 0.1) is 5.92 Å². The van der Waals surface area contributed by atoms with Crippen molar-refractivity contribution in [3.05, 3.63) is 17.5 Å². The number of rotatable bonds is 8. The monoisotopic (exact) mass is 448 g/mol.